The van der Waals surface area contributed by atoms with Crippen LogP contribution in [-0.4, -0.2) is 67.7 Å². The molecule has 1 saturated carbocycles. The van der Waals surface area contributed by atoms with E-state index in [1.54, 1.807) is 0 Å². The number of ketones is 1. The van der Waals surface area contributed by atoms with Gasteiger partial charge in [-0.2, -0.15) is 0 Å². The molecule has 2 amide bonds. The minimum absolute atomic E-state index is 0.0577. The van der Waals surface area contributed by atoms with Gasteiger partial charge in [-0.15, -0.1) is 0 Å². The average molecular weight is 590 g/mol. The molecule has 3 unspecified atom stereocenters. The van der Waals surface area contributed by atoms with Crippen LogP contribution in [0, 0.1) is 24.2 Å². The summed E-state index contributed by atoms with van der Waals surface area (Å²) in [6, 6.07) is 5.48. The molecule has 0 bridgehead atoms. The summed E-state index contributed by atoms with van der Waals surface area (Å²) in [5.74, 6) is 1.25. The van der Waals surface area contributed by atoms with Gasteiger partial charge >= 0.3 is 0 Å². The number of hydrogen-bond donors (Lipinski definition) is 1. The Bertz CT molecular complexity index is 1030. The summed E-state index contributed by atoms with van der Waals surface area (Å²) in [4.78, 5) is 47.4. The van der Waals surface area contributed by atoms with Crippen molar-refractivity contribution in [2.24, 2.45) is 17.3 Å². The van der Waals surface area contributed by atoms with Crippen LogP contribution in [0.15, 0.2) is 18.2 Å². The first-order valence-corrected chi connectivity index (χ1v) is 15.4. The van der Waals surface area contributed by atoms with Gasteiger partial charge in [0.1, 0.15) is 24.3 Å². The number of benzene rings is 1. The molecule has 1 N–H and O–H groups in total. The van der Waals surface area contributed by atoms with E-state index < -0.39 is 6.17 Å². The summed E-state index contributed by atoms with van der Waals surface area (Å²) < 4.78 is 14.8. The van der Waals surface area contributed by atoms with Gasteiger partial charge in [0.15, 0.2) is 0 Å². The summed E-state index contributed by atoms with van der Waals surface area (Å²) >= 11 is 0. The highest BCUT2D eigenvalue weighted by Crippen LogP contribution is 2.44. The fourth-order valence-electron chi connectivity index (χ4n) is 5.28. The van der Waals surface area contributed by atoms with Gasteiger partial charge in [0.25, 0.3) is 0 Å². The van der Waals surface area contributed by atoms with Crippen LogP contribution in [0.3, 0.4) is 0 Å². The number of nitrogens with zero attached hydrogens (tertiary/aromatic N) is 2. The largest absolute Gasteiger partial charge is 0.362 e. The minimum Gasteiger partial charge on any atom is -0.362 e. The second-order valence-corrected chi connectivity index (χ2v) is 13.6. The third-order valence-corrected chi connectivity index (χ3v) is 7.58. The molecule has 2 saturated heterocycles. The van der Waals surface area contributed by atoms with Crippen LogP contribution >= 0.6 is 0 Å². The number of alkyl halides is 1. The third kappa shape index (κ3) is 13.1. The van der Waals surface area contributed by atoms with Gasteiger partial charge in [0.2, 0.25) is 11.8 Å². The number of amides is 2. The number of nitrogens with one attached hydrogen (secondary N) is 1. The molecule has 2 aliphatic heterocycles. The zero-order valence-electron chi connectivity index (χ0n) is 27.8. The van der Waals surface area contributed by atoms with Crippen molar-refractivity contribution in [1.29, 1.82) is 0 Å². The molecule has 0 spiro atoms. The Kier molecular flexibility index (Phi) is 15.6. The van der Waals surface area contributed by atoms with Crippen LogP contribution in [0.5, 0.6) is 0 Å². The number of aryl methyl sites for hydroxylation is 1. The summed E-state index contributed by atoms with van der Waals surface area (Å²) in [6.07, 6.45) is 4.19. The van der Waals surface area contributed by atoms with Crippen LogP contribution in [-0.2, 0) is 19.2 Å². The normalized spacial score (nSPS) is 22.3. The van der Waals surface area contributed by atoms with Crippen molar-refractivity contribution in [3.63, 3.8) is 0 Å². The molecule has 0 aromatic heterocycles. The number of likely N-dealkylation sites (N-methyl/N-ethyl adjacent to an activating group) is 1. The highest BCUT2D eigenvalue weighted by Gasteiger charge is 2.34. The van der Waals surface area contributed by atoms with Crippen molar-refractivity contribution < 1.29 is 23.6 Å². The molecule has 42 heavy (non-hydrogen) atoms. The molecule has 1 aliphatic carbocycles. The second kappa shape index (κ2) is 17.5. The molecule has 238 valence electrons. The van der Waals surface area contributed by atoms with Gasteiger partial charge in [-0.25, -0.2) is 4.39 Å². The van der Waals surface area contributed by atoms with Gasteiger partial charge in [-0.1, -0.05) is 53.7 Å². The standard InChI is InChI=1S/C21H28FN3O3.C7H14.C4H10.C2H4O/c1-13-10-15(16-8-9-25(11-14(2)26)12-17(16)22)4-5-18(13)24(3)19-6-7-20(27)23-21(19)28;1-7(2,3)6-4-5-6;1-4(2)3;1-2-3/h4-5,10,16-17,19H,6-9,11-12H2,1-3H3,(H,23,27,28);6H,4-5H2,1-3H3;4H,1-3H3;2H,1H3. The molecular weight excluding hydrogens is 533 g/mol. The molecule has 0 radical (unpaired) electrons. The van der Waals surface area contributed by atoms with Crippen molar-refractivity contribution in [2.45, 2.75) is 113 Å². The van der Waals surface area contributed by atoms with E-state index in [1.807, 2.05) is 42.0 Å². The summed E-state index contributed by atoms with van der Waals surface area (Å²) in [5.41, 5.74) is 3.44. The van der Waals surface area contributed by atoms with Crippen LogP contribution in [0.25, 0.3) is 0 Å². The van der Waals surface area contributed by atoms with E-state index in [4.69, 9.17) is 4.79 Å². The maximum atomic E-state index is 14.8. The first-order valence-electron chi connectivity index (χ1n) is 15.4. The first-order chi connectivity index (χ1) is 19.5. The Balaban J connectivity index is 0.000000519. The summed E-state index contributed by atoms with van der Waals surface area (Å²) in [5, 5.41) is 2.39. The lowest BCUT2D eigenvalue weighted by molar-refractivity contribution is -0.134. The number of carbonyl (C=O) groups is 4. The number of rotatable bonds is 5. The molecule has 1 aromatic carbocycles. The van der Waals surface area contributed by atoms with Crippen molar-refractivity contribution >= 4 is 29.6 Å². The molecule has 2 heterocycles. The Morgan fingerprint density at radius 3 is 2.12 bits per heavy atom. The molecule has 3 fully saturated rings. The van der Waals surface area contributed by atoms with E-state index in [0.29, 0.717) is 37.8 Å². The number of halogens is 1. The van der Waals surface area contributed by atoms with Crippen molar-refractivity contribution in [1.82, 2.24) is 10.2 Å². The second-order valence-electron chi connectivity index (χ2n) is 13.6. The molecule has 7 nitrogen and oxygen atoms in total. The molecule has 3 aliphatic rings. The lowest BCUT2D eigenvalue weighted by atomic mass is 9.86. The van der Waals surface area contributed by atoms with Crippen LogP contribution in [0.4, 0.5) is 10.1 Å². The Morgan fingerprint density at radius 1 is 1.14 bits per heavy atom. The number of aldehydes is 1. The Hall–Kier alpha value is -2.61. The molecule has 1 aromatic rings. The van der Waals surface area contributed by atoms with Crippen molar-refractivity contribution in [3.8, 4) is 0 Å². The monoisotopic (exact) mass is 589 g/mol. The SMILES string of the molecule is CC(=O)CN1CCC(c2ccc(N(C)C3CCC(=O)NC3=O)c(C)c2)C(F)C1.CC(C)(C)C1CC1.CC(C)C.CC=O. The highest BCUT2D eigenvalue weighted by atomic mass is 19.1. The molecular formula is C34H56FN3O4. The van der Waals surface area contributed by atoms with E-state index in [1.165, 1.54) is 26.7 Å². The zero-order chi connectivity index (χ0) is 32.2. The van der Waals surface area contributed by atoms with E-state index in [-0.39, 0.29) is 36.1 Å². The Morgan fingerprint density at radius 2 is 1.71 bits per heavy atom. The minimum atomic E-state index is -1.01. The number of anilines is 1. The van der Waals surface area contributed by atoms with Crippen molar-refractivity contribution in [2.75, 3.05) is 31.6 Å². The highest BCUT2D eigenvalue weighted by molar-refractivity contribution is 6.01. The number of hydrogen-bond acceptors (Lipinski definition) is 6. The fraction of sp³-hybridized carbons (Fsp3) is 0.706. The zero-order valence-corrected chi connectivity index (χ0v) is 27.8. The molecule has 8 heteroatoms. The first kappa shape index (κ1) is 37.4. The van der Waals surface area contributed by atoms with Crippen LogP contribution in [0.2, 0.25) is 0 Å². The maximum Gasteiger partial charge on any atom is 0.249 e. The van der Waals surface area contributed by atoms with E-state index in [9.17, 15) is 18.8 Å². The predicted molar refractivity (Wildman–Crippen MR) is 170 cm³/mol. The molecule has 4 rings (SSSR count). The average Bonchev–Trinajstić information content (AvgIpc) is 3.70. The van der Waals surface area contributed by atoms with Gasteiger partial charge in [0.05, 0.1) is 6.54 Å². The smallest absolute Gasteiger partial charge is 0.249 e. The number of carbonyl (C=O) groups excluding carboxylic acids is 4. The van der Waals surface area contributed by atoms with Gasteiger partial charge in [-0.3, -0.25) is 24.6 Å². The number of Topliss-reactive ketones (excluding diaryl/α,β-unsaturated/α-hetero) is 1. The van der Waals surface area contributed by atoms with Crippen LogP contribution < -0.4 is 10.2 Å². The summed E-state index contributed by atoms with van der Waals surface area (Å²) in [7, 11) is 1.85. The number of piperidine rings is 2. The van der Waals surface area contributed by atoms with Crippen LogP contribution in [0.1, 0.15) is 105 Å². The molecule has 3 atom stereocenters. The number of imide groups is 1. The van der Waals surface area contributed by atoms with E-state index in [2.05, 4.69) is 46.9 Å². The number of likely N-dealkylation sites (tertiary alicyclic amines) is 1. The maximum absolute atomic E-state index is 14.8. The quantitative estimate of drug-likeness (QED) is 0.322. The summed E-state index contributed by atoms with van der Waals surface area (Å²) in [6.45, 7) is 19.7. The lowest BCUT2D eigenvalue weighted by Gasteiger charge is -2.35. The van der Waals surface area contributed by atoms with E-state index in [0.717, 1.165) is 34.9 Å². The van der Waals surface area contributed by atoms with Gasteiger partial charge < -0.3 is 9.69 Å². The van der Waals surface area contributed by atoms with Crippen molar-refractivity contribution in [3.05, 3.63) is 29.3 Å². The fourth-order valence-corrected chi connectivity index (χ4v) is 5.28. The lowest BCUT2D eigenvalue weighted by Crippen LogP contribution is -2.51. The predicted octanol–water partition coefficient (Wildman–Crippen LogP) is 6.26. The Labute approximate surface area is 254 Å². The van der Waals surface area contributed by atoms with Gasteiger partial charge in [-0.05, 0) is 87.4 Å². The topological polar surface area (TPSA) is 86.8 Å². The van der Waals surface area contributed by atoms with E-state index >= 15 is 0 Å². The third-order valence-electron chi connectivity index (χ3n) is 7.58. The van der Waals surface area contributed by atoms with Gasteiger partial charge in [0, 0.05) is 31.6 Å².